The number of nitrogens with zero attached hydrogens (tertiary/aromatic N) is 1. The number of benzene rings is 2. The van der Waals surface area contributed by atoms with Crippen molar-refractivity contribution >= 4 is 22.8 Å². The molecule has 0 radical (unpaired) electrons. The summed E-state index contributed by atoms with van der Waals surface area (Å²) in [7, 11) is 1.24. The summed E-state index contributed by atoms with van der Waals surface area (Å²) >= 11 is 0. The van der Waals surface area contributed by atoms with Crippen LogP contribution in [0.2, 0.25) is 0 Å². The third-order valence-electron chi connectivity index (χ3n) is 4.01. The van der Waals surface area contributed by atoms with Gasteiger partial charge in [0.1, 0.15) is 11.9 Å². The lowest BCUT2D eigenvalue weighted by Gasteiger charge is -2.17. The van der Waals surface area contributed by atoms with Gasteiger partial charge in [0.25, 0.3) is 5.91 Å². The summed E-state index contributed by atoms with van der Waals surface area (Å²) in [6.45, 7) is 0. The topological polar surface area (TPSA) is 68.3 Å². The minimum Gasteiger partial charge on any atom is -0.467 e. The first-order valence-corrected chi connectivity index (χ1v) is 8.05. The fourth-order valence-electron chi connectivity index (χ4n) is 2.77. The second kappa shape index (κ2) is 7.74. The van der Waals surface area contributed by atoms with Crippen molar-refractivity contribution in [2.75, 3.05) is 7.11 Å². The van der Waals surface area contributed by atoms with Gasteiger partial charge in [-0.25, -0.2) is 9.18 Å². The zero-order chi connectivity index (χ0) is 18.5. The first-order chi connectivity index (χ1) is 12.6. The SMILES string of the molecule is COC(=O)[C@@H](Cc1cccc(F)c1)NC(=O)c1ccnc2ccccc12. The van der Waals surface area contributed by atoms with Crippen molar-refractivity contribution in [3.8, 4) is 0 Å². The molecule has 0 aliphatic carbocycles. The molecule has 0 bridgehead atoms. The molecule has 0 aliphatic rings. The van der Waals surface area contributed by atoms with Gasteiger partial charge in [0.05, 0.1) is 18.2 Å². The highest BCUT2D eigenvalue weighted by Crippen LogP contribution is 2.16. The molecule has 1 amide bonds. The number of para-hydroxylation sites is 1. The van der Waals surface area contributed by atoms with Crippen LogP contribution in [-0.2, 0) is 16.0 Å². The molecule has 1 aromatic heterocycles. The Bertz CT molecular complexity index is 953. The number of pyridine rings is 1. The molecule has 0 spiro atoms. The minimum absolute atomic E-state index is 0.124. The van der Waals surface area contributed by atoms with Gasteiger partial charge in [0.15, 0.2) is 0 Å². The maximum Gasteiger partial charge on any atom is 0.328 e. The molecule has 1 atom stereocenters. The van der Waals surface area contributed by atoms with Crippen LogP contribution in [0.15, 0.2) is 60.8 Å². The van der Waals surface area contributed by atoms with Gasteiger partial charge >= 0.3 is 5.97 Å². The fraction of sp³-hybridized carbons (Fsp3) is 0.150. The maximum atomic E-state index is 13.4. The van der Waals surface area contributed by atoms with Gasteiger partial charge in [-0.3, -0.25) is 9.78 Å². The van der Waals surface area contributed by atoms with Gasteiger partial charge in [0, 0.05) is 18.0 Å². The molecule has 1 heterocycles. The summed E-state index contributed by atoms with van der Waals surface area (Å²) in [5, 5.41) is 3.36. The first kappa shape index (κ1) is 17.5. The van der Waals surface area contributed by atoms with E-state index >= 15 is 0 Å². The smallest absolute Gasteiger partial charge is 0.328 e. The Kier molecular flexibility index (Phi) is 5.22. The number of hydrogen-bond acceptors (Lipinski definition) is 4. The molecule has 3 aromatic rings. The summed E-state index contributed by atoms with van der Waals surface area (Å²) in [6, 6.07) is 13.8. The molecule has 132 valence electrons. The molecular weight excluding hydrogens is 335 g/mol. The van der Waals surface area contributed by atoms with Gasteiger partial charge in [0.2, 0.25) is 0 Å². The average molecular weight is 352 g/mol. The van der Waals surface area contributed by atoms with Crippen molar-refractivity contribution in [1.29, 1.82) is 0 Å². The van der Waals surface area contributed by atoms with E-state index in [1.165, 1.54) is 25.4 Å². The summed E-state index contributed by atoms with van der Waals surface area (Å²) in [6.07, 6.45) is 1.66. The van der Waals surface area contributed by atoms with Gasteiger partial charge in [-0.2, -0.15) is 0 Å². The number of carbonyl (C=O) groups is 2. The van der Waals surface area contributed by atoms with E-state index in [2.05, 4.69) is 10.3 Å². The van der Waals surface area contributed by atoms with Crippen molar-refractivity contribution in [3.63, 3.8) is 0 Å². The Balaban J connectivity index is 1.86. The molecule has 1 N–H and O–H groups in total. The Labute approximate surface area is 149 Å². The number of esters is 1. The zero-order valence-electron chi connectivity index (χ0n) is 14.1. The van der Waals surface area contributed by atoms with Gasteiger partial charge < -0.3 is 10.1 Å². The number of hydrogen-bond donors (Lipinski definition) is 1. The summed E-state index contributed by atoms with van der Waals surface area (Å²) in [5.74, 6) is -1.42. The van der Waals surface area contributed by atoms with Crippen LogP contribution in [0.4, 0.5) is 4.39 Å². The third-order valence-corrected chi connectivity index (χ3v) is 4.01. The number of ether oxygens (including phenoxy) is 1. The molecule has 0 saturated carbocycles. The molecule has 3 rings (SSSR count). The van der Waals surface area contributed by atoms with Crippen molar-refractivity contribution < 1.29 is 18.7 Å². The van der Waals surface area contributed by atoms with E-state index in [9.17, 15) is 14.0 Å². The van der Waals surface area contributed by atoms with E-state index in [1.807, 2.05) is 12.1 Å². The van der Waals surface area contributed by atoms with Crippen LogP contribution in [0.25, 0.3) is 10.9 Å². The van der Waals surface area contributed by atoms with Crippen LogP contribution in [0.3, 0.4) is 0 Å². The lowest BCUT2D eigenvalue weighted by molar-refractivity contribution is -0.142. The molecule has 2 aromatic carbocycles. The molecule has 0 unspecified atom stereocenters. The van der Waals surface area contributed by atoms with Crippen molar-refractivity contribution in [3.05, 3.63) is 77.7 Å². The van der Waals surface area contributed by atoms with Gasteiger partial charge in [-0.1, -0.05) is 30.3 Å². The molecule has 0 saturated heterocycles. The highest BCUT2D eigenvalue weighted by molar-refractivity contribution is 6.07. The lowest BCUT2D eigenvalue weighted by Crippen LogP contribution is -2.43. The third kappa shape index (κ3) is 3.85. The average Bonchev–Trinajstić information content (AvgIpc) is 2.66. The van der Waals surface area contributed by atoms with Gasteiger partial charge in [-0.05, 0) is 29.8 Å². The Morgan fingerprint density at radius 3 is 2.73 bits per heavy atom. The molecule has 6 heteroatoms. The number of halogens is 1. The van der Waals surface area contributed by atoms with E-state index in [0.717, 1.165) is 0 Å². The van der Waals surface area contributed by atoms with E-state index in [-0.39, 0.29) is 6.42 Å². The number of aromatic nitrogens is 1. The number of amides is 1. The predicted molar refractivity (Wildman–Crippen MR) is 95.1 cm³/mol. The van der Waals surface area contributed by atoms with Gasteiger partial charge in [-0.15, -0.1) is 0 Å². The summed E-state index contributed by atoms with van der Waals surface area (Å²) in [5.41, 5.74) is 1.67. The van der Waals surface area contributed by atoms with Crippen molar-refractivity contribution in [2.24, 2.45) is 0 Å². The van der Waals surface area contributed by atoms with Crippen molar-refractivity contribution in [2.45, 2.75) is 12.5 Å². The monoisotopic (exact) mass is 352 g/mol. The number of methoxy groups -OCH3 is 1. The molecular formula is C20H17FN2O3. The Morgan fingerprint density at radius 1 is 1.15 bits per heavy atom. The number of fused-ring (bicyclic) bond motifs is 1. The normalized spacial score (nSPS) is 11.8. The highest BCUT2D eigenvalue weighted by atomic mass is 19.1. The first-order valence-electron chi connectivity index (χ1n) is 8.05. The molecule has 26 heavy (non-hydrogen) atoms. The number of nitrogens with one attached hydrogen (secondary N) is 1. The standard InChI is InChI=1S/C20H17FN2O3/c1-26-20(25)18(12-13-5-4-6-14(21)11-13)23-19(24)16-9-10-22-17-8-3-2-7-15(16)17/h2-11,18H,12H2,1H3,(H,23,24)/t18-/m1/s1. The Morgan fingerprint density at radius 2 is 1.96 bits per heavy atom. The minimum atomic E-state index is -0.929. The summed E-state index contributed by atoms with van der Waals surface area (Å²) < 4.78 is 18.2. The van der Waals surface area contributed by atoms with E-state index in [4.69, 9.17) is 4.74 Å². The molecule has 5 nitrogen and oxygen atoms in total. The number of rotatable bonds is 5. The van der Waals surface area contributed by atoms with Crippen molar-refractivity contribution in [1.82, 2.24) is 10.3 Å². The van der Waals surface area contributed by atoms with E-state index < -0.39 is 23.7 Å². The lowest BCUT2D eigenvalue weighted by atomic mass is 10.0. The maximum absolute atomic E-state index is 13.4. The van der Waals surface area contributed by atoms with E-state index in [0.29, 0.717) is 22.0 Å². The fourth-order valence-corrected chi connectivity index (χ4v) is 2.77. The predicted octanol–water partition coefficient (Wildman–Crippen LogP) is 2.89. The second-order valence-electron chi connectivity index (χ2n) is 5.76. The zero-order valence-corrected chi connectivity index (χ0v) is 14.1. The van der Waals surface area contributed by atoms with Crippen LogP contribution in [0.1, 0.15) is 15.9 Å². The van der Waals surface area contributed by atoms with Crippen LogP contribution in [0.5, 0.6) is 0 Å². The van der Waals surface area contributed by atoms with Crippen LogP contribution < -0.4 is 5.32 Å². The molecule has 0 fully saturated rings. The van der Waals surface area contributed by atoms with Crippen LogP contribution in [0, 0.1) is 5.82 Å². The largest absolute Gasteiger partial charge is 0.467 e. The van der Waals surface area contributed by atoms with E-state index in [1.54, 1.807) is 30.3 Å². The highest BCUT2D eigenvalue weighted by Gasteiger charge is 2.23. The second-order valence-corrected chi connectivity index (χ2v) is 5.76. The van der Waals surface area contributed by atoms with Crippen LogP contribution in [-0.4, -0.2) is 30.0 Å². The van der Waals surface area contributed by atoms with Crippen LogP contribution >= 0.6 is 0 Å². The Hall–Kier alpha value is -3.28. The quantitative estimate of drug-likeness (QED) is 0.717. The number of carbonyl (C=O) groups excluding carboxylic acids is 2. The molecule has 0 aliphatic heterocycles. The summed E-state index contributed by atoms with van der Waals surface area (Å²) in [4.78, 5) is 29.0.